The van der Waals surface area contributed by atoms with E-state index in [1.165, 1.54) is 0 Å². The number of fused-ring (bicyclic) bond motifs is 1. The van der Waals surface area contributed by atoms with Gasteiger partial charge >= 0.3 is 0 Å². The molecule has 0 radical (unpaired) electrons. The van der Waals surface area contributed by atoms with E-state index in [0.29, 0.717) is 5.92 Å². The molecule has 0 aliphatic rings. The van der Waals surface area contributed by atoms with Crippen molar-refractivity contribution in [2.45, 2.75) is 32.1 Å². The van der Waals surface area contributed by atoms with Crippen LogP contribution in [-0.2, 0) is 0 Å². The Hall–Kier alpha value is -1.28. The number of alkyl halides is 1. The van der Waals surface area contributed by atoms with Gasteiger partial charge in [-0.3, -0.25) is 4.79 Å². The van der Waals surface area contributed by atoms with Crippen molar-refractivity contribution in [3.05, 3.63) is 41.7 Å². The van der Waals surface area contributed by atoms with Gasteiger partial charge in [-0.1, -0.05) is 19.9 Å². The number of rotatable bonds is 3. The van der Waals surface area contributed by atoms with Gasteiger partial charge in [0.1, 0.15) is 0 Å². The Balaban J connectivity index is 2.72. The summed E-state index contributed by atoms with van der Waals surface area (Å²) in [5.41, 5.74) is 2.77. The molecule has 0 aliphatic heterocycles. The fourth-order valence-electron chi connectivity index (χ4n) is 2.05. The summed E-state index contributed by atoms with van der Waals surface area (Å²) in [5, 5.41) is -0.487. The van der Waals surface area contributed by atoms with E-state index in [1.54, 1.807) is 6.92 Å². The van der Waals surface area contributed by atoms with E-state index in [4.69, 9.17) is 11.6 Å². The van der Waals surface area contributed by atoms with Crippen molar-refractivity contribution in [2.24, 2.45) is 0 Å². The molecule has 0 bridgehead atoms. The van der Waals surface area contributed by atoms with Crippen LogP contribution in [0, 0.1) is 0 Å². The molecule has 2 aromatic heterocycles. The lowest BCUT2D eigenvalue weighted by atomic mass is 9.97. The van der Waals surface area contributed by atoms with Crippen molar-refractivity contribution >= 4 is 22.9 Å². The minimum absolute atomic E-state index is 0.00377. The second-order valence-electron chi connectivity index (χ2n) is 4.59. The molecule has 0 spiro atoms. The first kappa shape index (κ1) is 12.2. The first-order valence-electron chi connectivity index (χ1n) is 5.80. The molecule has 17 heavy (non-hydrogen) atoms. The maximum absolute atomic E-state index is 12.2. The quantitative estimate of drug-likeness (QED) is 0.598. The Labute approximate surface area is 106 Å². The molecule has 0 fully saturated rings. The lowest BCUT2D eigenvalue weighted by Crippen LogP contribution is -2.12. The van der Waals surface area contributed by atoms with E-state index in [1.807, 2.05) is 35.0 Å². The van der Waals surface area contributed by atoms with Crippen molar-refractivity contribution < 1.29 is 4.79 Å². The SMILES string of the molecule is CC(Cl)C(=O)c1c(C(C)C)cn2ccccc12. The summed E-state index contributed by atoms with van der Waals surface area (Å²) < 4.78 is 1.99. The largest absolute Gasteiger partial charge is 0.323 e. The summed E-state index contributed by atoms with van der Waals surface area (Å²) in [5.74, 6) is 0.313. The number of carbonyl (C=O) groups is 1. The van der Waals surface area contributed by atoms with Crippen LogP contribution in [-0.4, -0.2) is 15.6 Å². The highest BCUT2D eigenvalue weighted by atomic mass is 35.5. The van der Waals surface area contributed by atoms with Crippen LogP contribution in [0.5, 0.6) is 0 Å². The molecule has 1 unspecified atom stereocenters. The van der Waals surface area contributed by atoms with Gasteiger partial charge in [0.05, 0.1) is 10.9 Å². The third-order valence-corrected chi connectivity index (χ3v) is 3.14. The molecule has 0 saturated carbocycles. The lowest BCUT2D eigenvalue weighted by Gasteiger charge is -2.07. The molecule has 2 rings (SSSR count). The van der Waals surface area contributed by atoms with Crippen molar-refractivity contribution in [2.75, 3.05) is 0 Å². The van der Waals surface area contributed by atoms with Crippen molar-refractivity contribution in [3.63, 3.8) is 0 Å². The summed E-state index contributed by atoms with van der Waals surface area (Å²) in [7, 11) is 0. The van der Waals surface area contributed by atoms with Crippen molar-refractivity contribution in [1.82, 2.24) is 4.40 Å². The summed E-state index contributed by atoms with van der Waals surface area (Å²) in [6.07, 6.45) is 3.98. The summed E-state index contributed by atoms with van der Waals surface area (Å²) in [4.78, 5) is 12.2. The molecule has 0 amide bonds. The third-order valence-electron chi connectivity index (χ3n) is 2.94. The number of halogens is 1. The van der Waals surface area contributed by atoms with Gasteiger partial charge < -0.3 is 4.40 Å². The van der Waals surface area contributed by atoms with Crippen LogP contribution in [0.4, 0.5) is 0 Å². The van der Waals surface area contributed by atoms with Crippen LogP contribution >= 0.6 is 11.6 Å². The zero-order valence-corrected chi connectivity index (χ0v) is 11.0. The normalized spacial score (nSPS) is 13.2. The Kier molecular flexibility index (Phi) is 3.25. The molecule has 0 saturated heterocycles. The number of Topliss-reactive ketones (excluding diaryl/α,β-unsaturated/α-hetero) is 1. The number of nitrogens with zero attached hydrogens (tertiary/aromatic N) is 1. The Bertz CT molecular complexity index is 554. The van der Waals surface area contributed by atoms with Gasteiger partial charge in [0, 0.05) is 18.0 Å². The molecule has 0 aliphatic carbocycles. The Morgan fingerprint density at radius 2 is 2.00 bits per heavy atom. The number of hydrogen-bond acceptors (Lipinski definition) is 1. The van der Waals surface area contributed by atoms with Crippen LogP contribution in [0.15, 0.2) is 30.6 Å². The van der Waals surface area contributed by atoms with E-state index in [9.17, 15) is 4.79 Å². The molecule has 2 aromatic rings. The number of ketones is 1. The van der Waals surface area contributed by atoms with Crippen LogP contribution in [0.1, 0.15) is 42.6 Å². The van der Waals surface area contributed by atoms with Crippen molar-refractivity contribution in [3.8, 4) is 0 Å². The second-order valence-corrected chi connectivity index (χ2v) is 5.24. The lowest BCUT2D eigenvalue weighted by molar-refractivity contribution is 0.0992. The molecule has 0 aromatic carbocycles. The first-order chi connectivity index (χ1) is 8.02. The smallest absolute Gasteiger partial charge is 0.182 e. The van der Waals surface area contributed by atoms with Gasteiger partial charge in [0.2, 0.25) is 0 Å². The molecule has 3 heteroatoms. The molecule has 0 N–H and O–H groups in total. The Morgan fingerprint density at radius 3 is 2.59 bits per heavy atom. The van der Waals surface area contributed by atoms with Gasteiger partial charge in [-0.25, -0.2) is 0 Å². The second kappa shape index (κ2) is 4.53. The minimum Gasteiger partial charge on any atom is -0.323 e. The van der Waals surface area contributed by atoms with Gasteiger partial charge in [-0.05, 0) is 30.5 Å². The fourth-order valence-corrected chi connectivity index (χ4v) is 2.16. The maximum Gasteiger partial charge on any atom is 0.182 e. The van der Waals surface area contributed by atoms with Crippen molar-refractivity contribution in [1.29, 1.82) is 0 Å². The van der Waals surface area contributed by atoms with E-state index in [-0.39, 0.29) is 5.78 Å². The topological polar surface area (TPSA) is 21.5 Å². The predicted molar refractivity (Wildman–Crippen MR) is 71.1 cm³/mol. The Morgan fingerprint density at radius 1 is 1.29 bits per heavy atom. The predicted octanol–water partition coefficient (Wildman–Crippen LogP) is 3.87. The molecule has 2 heterocycles. The number of aromatic nitrogens is 1. The van der Waals surface area contributed by atoms with Gasteiger partial charge in [-0.2, -0.15) is 0 Å². The zero-order valence-electron chi connectivity index (χ0n) is 10.3. The molecule has 2 nitrogen and oxygen atoms in total. The van der Waals surface area contributed by atoms with E-state index in [2.05, 4.69) is 13.8 Å². The van der Waals surface area contributed by atoms with Gasteiger partial charge in [0.15, 0.2) is 5.78 Å². The highest BCUT2D eigenvalue weighted by Gasteiger charge is 2.22. The van der Waals surface area contributed by atoms with E-state index < -0.39 is 5.38 Å². The highest BCUT2D eigenvalue weighted by molar-refractivity contribution is 6.34. The van der Waals surface area contributed by atoms with Gasteiger partial charge in [-0.15, -0.1) is 11.6 Å². The average molecular weight is 250 g/mol. The summed E-state index contributed by atoms with van der Waals surface area (Å²) in [6, 6.07) is 5.85. The number of carbonyl (C=O) groups excluding carboxylic acids is 1. The zero-order chi connectivity index (χ0) is 12.6. The average Bonchev–Trinajstić information content (AvgIpc) is 2.67. The summed E-state index contributed by atoms with van der Waals surface area (Å²) >= 11 is 5.94. The monoisotopic (exact) mass is 249 g/mol. The van der Waals surface area contributed by atoms with E-state index >= 15 is 0 Å². The maximum atomic E-state index is 12.2. The molecular formula is C14H16ClNO. The third kappa shape index (κ3) is 2.09. The molecule has 90 valence electrons. The van der Waals surface area contributed by atoms with Gasteiger partial charge in [0.25, 0.3) is 0 Å². The minimum atomic E-state index is -0.487. The fraction of sp³-hybridized carbons (Fsp3) is 0.357. The highest BCUT2D eigenvalue weighted by Crippen LogP contribution is 2.27. The van der Waals surface area contributed by atoms with Crippen LogP contribution in [0.3, 0.4) is 0 Å². The number of hydrogen-bond donors (Lipinski definition) is 0. The van der Waals surface area contributed by atoms with Crippen LogP contribution in [0.2, 0.25) is 0 Å². The number of pyridine rings is 1. The molecular weight excluding hydrogens is 234 g/mol. The van der Waals surface area contributed by atoms with Crippen LogP contribution in [0.25, 0.3) is 5.52 Å². The standard InChI is InChI=1S/C14H16ClNO/c1-9(2)11-8-16-7-5-4-6-12(16)13(11)14(17)10(3)15/h4-10H,1-3H3. The summed E-state index contributed by atoms with van der Waals surface area (Å²) in [6.45, 7) is 5.90. The first-order valence-corrected chi connectivity index (χ1v) is 6.24. The van der Waals surface area contributed by atoms with Crippen LogP contribution < -0.4 is 0 Å². The molecule has 1 atom stereocenters. The van der Waals surface area contributed by atoms with E-state index in [0.717, 1.165) is 16.6 Å².